The van der Waals surface area contributed by atoms with Crippen LogP contribution in [0.3, 0.4) is 0 Å². The third-order valence-corrected chi connectivity index (χ3v) is 5.56. The van der Waals surface area contributed by atoms with E-state index in [0.29, 0.717) is 11.2 Å². The van der Waals surface area contributed by atoms with E-state index < -0.39 is 10.0 Å². The first kappa shape index (κ1) is 16.7. The summed E-state index contributed by atoms with van der Waals surface area (Å²) in [5.74, 6) is -0.314. The summed E-state index contributed by atoms with van der Waals surface area (Å²) in [5.41, 5.74) is 1.88. The van der Waals surface area contributed by atoms with Crippen LogP contribution in [-0.4, -0.2) is 35.4 Å². The number of amides is 1. The first-order chi connectivity index (χ1) is 12.5. The smallest absolute Gasteiger partial charge is 0.246 e. The molecule has 3 aromatic rings. The Morgan fingerprint density at radius 2 is 1.96 bits per heavy atom. The fourth-order valence-electron chi connectivity index (χ4n) is 2.60. The lowest BCUT2D eigenvalue weighted by molar-refractivity contribution is -0.116. The van der Waals surface area contributed by atoms with E-state index in [1.165, 1.54) is 16.8 Å². The zero-order chi connectivity index (χ0) is 18.1. The van der Waals surface area contributed by atoms with E-state index in [1.807, 2.05) is 24.3 Å². The molecular formula is C17H17N5O3S. The van der Waals surface area contributed by atoms with Gasteiger partial charge in [-0.05, 0) is 43.2 Å². The number of hydrogen-bond donors (Lipinski definition) is 2. The molecule has 1 aliphatic rings. The average molecular weight is 371 g/mol. The Morgan fingerprint density at radius 1 is 1.15 bits per heavy atom. The Hall–Kier alpha value is -2.78. The molecule has 1 fully saturated rings. The minimum atomic E-state index is -3.56. The molecule has 0 radical (unpaired) electrons. The highest BCUT2D eigenvalue weighted by Crippen LogP contribution is 2.23. The monoisotopic (exact) mass is 371 g/mol. The zero-order valence-corrected chi connectivity index (χ0v) is 14.6. The summed E-state index contributed by atoms with van der Waals surface area (Å²) in [6, 6.07) is 13.6. The minimum absolute atomic E-state index is 0.0161. The molecule has 4 rings (SSSR count). The van der Waals surface area contributed by atoms with Crippen LogP contribution in [0.15, 0.2) is 53.4 Å². The third-order valence-electron chi connectivity index (χ3n) is 4.04. The number of aromatic nitrogens is 3. The molecule has 1 amide bonds. The Kier molecular flexibility index (Phi) is 4.17. The summed E-state index contributed by atoms with van der Waals surface area (Å²) in [6.45, 7) is -0.0161. The van der Waals surface area contributed by atoms with Gasteiger partial charge in [0.25, 0.3) is 0 Å². The summed E-state index contributed by atoms with van der Waals surface area (Å²) >= 11 is 0. The molecule has 0 unspecified atom stereocenters. The highest BCUT2D eigenvalue weighted by atomic mass is 32.2. The maximum atomic E-state index is 12.3. The Morgan fingerprint density at radius 3 is 2.77 bits per heavy atom. The molecule has 1 aliphatic carbocycles. The van der Waals surface area contributed by atoms with E-state index in [1.54, 1.807) is 12.1 Å². The summed E-state index contributed by atoms with van der Waals surface area (Å²) in [6.07, 6.45) is 1.73. The van der Waals surface area contributed by atoms with Crippen LogP contribution in [0.1, 0.15) is 12.8 Å². The van der Waals surface area contributed by atoms with Gasteiger partial charge >= 0.3 is 0 Å². The van der Waals surface area contributed by atoms with Crippen molar-refractivity contribution in [2.75, 3.05) is 5.32 Å². The van der Waals surface area contributed by atoms with Crippen molar-refractivity contribution in [3.8, 4) is 0 Å². The van der Waals surface area contributed by atoms with E-state index in [9.17, 15) is 13.2 Å². The fraction of sp³-hybridized carbons (Fsp3) is 0.235. The van der Waals surface area contributed by atoms with Gasteiger partial charge in [0.05, 0.1) is 10.4 Å². The quantitative estimate of drug-likeness (QED) is 0.683. The van der Waals surface area contributed by atoms with Gasteiger partial charge in [-0.1, -0.05) is 23.4 Å². The van der Waals surface area contributed by atoms with Crippen LogP contribution >= 0.6 is 0 Å². The standard InChI is InChI=1S/C17H17N5O3S/c23-17(11-22-16-7-2-1-6-15(16)19-21-22)18-13-4-3-5-14(10-13)26(24,25)20-12-8-9-12/h1-7,10,12,20H,8-9,11H2,(H,18,23). The number of hydrogen-bond acceptors (Lipinski definition) is 5. The van der Waals surface area contributed by atoms with Gasteiger partial charge in [-0.2, -0.15) is 0 Å². The molecule has 8 nitrogen and oxygen atoms in total. The van der Waals surface area contributed by atoms with E-state index in [-0.39, 0.29) is 23.4 Å². The second-order valence-corrected chi connectivity index (χ2v) is 7.92. The molecule has 9 heteroatoms. The maximum Gasteiger partial charge on any atom is 0.246 e. The second-order valence-electron chi connectivity index (χ2n) is 6.21. The third kappa shape index (κ3) is 3.58. The van der Waals surface area contributed by atoms with Crippen molar-refractivity contribution in [3.63, 3.8) is 0 Å². The number of benzene rings is 2. The van der Waals surface area contributed by atoms with Crippen LogP contribution in [0.25, 0.3) is 11.0 Å². The number of nitrogens with one attached hydrogen (secondary N) is 2. The molecule has 26 heavy (non-hydrogen) atoms. The lowest BCUT2D eigenvalue weighted by Gasteiger charge is -2.09. The SMILES string of the molecule is O=C(Cn1nnc2ccccc21)Nc1cccc(S(=O)(=O)NC2CC2)c1. The Bertz CT molecular complexity index is 1070. The van der Waals surface area contributed by atoms with Crippen molar-refractivity contribution >= 4 is 32.7 Å². The molecule has 2 aromatic carbocycles. The molecule has 2 N–H and O–H groups in total. The molecule has 1 heterocycles. The number of para-hydroxylation sites is 1. The van der Waals surface area contributed by atoms with Crippen molar-refractivity contribution in [2.45, 2.75) is 30.3 Å². The van der Waals surface area contributed by atoms with Gasteiger partial charge < -0.3 is 5.32 Å². The first-order valence-electron chi connectivity index (χ1n) is 8.22. The maximum absolute atomic E-state index is 12.3. The number of nitrogens with zero attached hydrogens (tertiary/aromatic N) is 3. The summed E-state index contributed by atoms with van der Waals surface area (Å²) < 4.78 is 28.7. The van der Waals surface area contributed by atoms with E-state index in [4.69, 9.17) is 0 Å². The summed E-state index contributed by atoms with van der Waals surface area (Å²) in [4.78, 5) is 12.4. The van der Waals surface area contributed by atoms with E-state index >= 15 is 0 Å². The molecule has 0 saturated heterocycles. The molecule has 0 spiro atoms. The van der Waals surface area contributed by atoms with Gasteiger partial charge in [-0.25, -0.2) is 17.8 Å². The lowest BCUT2D eigenvalue weighted by Crippen LogP contribution is -2.26. The van der Waals surface area contributed by atoms with Gasteiger partial charge in [-0.15, -0.1) is 5.10 Å². The highest BCUT2D eigenvalue weighted by Gasteiger charge is 2.28. The fourth-order valence-corrected chi connectivity index (χ4v) is 3.95. The van der Waals surface area contributed by atoms with Crippen LogP contribution in [-0.2, 0) is 21.4 Å². The average Bonchev–Trinajstić information content (AvgIpc) is 3.33. The summed E-state index contributed by atoms with van der Waals surface area (Å²) in [5, 5.41) is 10.7. The van der Waals surface area contributed by atoms with E-state index in [0.717, 1.165) is 18.4 Å². The minimum Gasteiger partial charge on any atom is -0.324 e. The van der Waals surface area contributed by atoms with Crippen LogP contribution < -0.4 is 10.0 Å². The van der Waals surface area contributed by atoms with Gasteiger partial charge in [0.2, 0.25) is 15.9 Å². The number of anilines is 1. The van der Waals surface area contributed by atoms with Crippen LogP contribution in [0, 0.1) is 0 Å². The largest absolute Gasteiger partial charge is 0.324 e. The molecule has 1 aromatic heterocycles. The zero-order valence-electron chi connectivity index (χ0n) is 13.8. The van der Waals surface area contributed by atoms with Gasteiger partial charge in [0.1, 0.15) is 12.1 Å². The van der Waals surface area contributed by atoms with Crippen LogP contribution in [0.5, 0.6) is 0 Å². The lowest BCUT2D eigenvalue weighted by atomic mass is 10.3. The topological polar surface area (TPSA) is 106 Å². The van der Waals surface area contributed by atoms with Gasteiger partial charge in [-0.3, -0.25) is 4.79 Å². The van der Waals surface area contributed by atoms with Crippen LogP contribution in [0.4, 0.5) is 5.69 Å². The number of carbonyl (C=O) groups is 1. The number of rotatable bonds is 6. The van der Waals surface area contributed by atoms with Crippen molar-refractivity contribution in [2.24, 2.45) is 0 Å². The van der Waals surface area contributed by atoms with Crippen LogP contribution in [0.2, 0.25) is 0 Å². The van der Waals surface area contributed by atoms with Crippen molar-refractivity contribution < 1.29 is 13.2 Å². The number of carbonyl (C=O) groups excluding carboxylic acids is 1. The van der Waals surface area contributed by atoms with Crippen molar-refractivity contribution in [1.82, 2.24) is 19.7 Å². The molecule has 0 bridgehead atoms. The molecule has 1 saturated carbocycles. The predicted octanol–water partition coefficient (Wildman–Crippen LogP) is 1.51. The van der Waals surface area contributed by atoms with Crippen molar-refractivity contribution in [1.29, 1.82) is 0 Å². The number of fused-ring (bicyclic) bond motifs is 1. The van der Waals surface area contributed by atoms with Gasteiger partial charge in [0, 0.05) is 11.7 Å². The number of sulfonamides is 1. The molecule has 0 atom stereocenters. The van der Waals surface area contributed by atoms with E-state index in [2.05, 4.69) is 20.4 Å². The van der Waals surface area contributed by atoms with Crippen molar-refractivity contribution in [3.05, 3.63) is 48.5 Å². The molecule has 134 valence electrons. The summed E-state index contributed by atoms with van der Waals surface area (Å²) in [7, 11) is -3.56. The second kappa shape index (κ2) is 6.50. The molecular weight excluding hydrogens is 354 g/mol. The first-order valence-corrected chi connectivity index (χ1v) is 9.70. The Balaban J connectivity index is 1.48. The Labute approximate surface area is 150 Å². The normalized spacial score (nSPS) is 14.5. The highest BCUT2D eigenvalue weighted by molar-refractivity contribution is 7.89. The predicted molar refractivity (Wildman–Crippen MR) is 95.9 cm³/mol. The van der Waals surface area contributed by atoms with Gasteiger partial charge in [0.15, 0.2) is 0 Å². The molecule has 0 aliphatic heterocycles.